The molecular weight excluding hydrogens is 242 g/mol. The molecule has 96 valence electrons. The van der Waals surface area contributed by atoms with E-state index in [4.69, 9.17) is 4.42 Å². The first-order chi connectivity index (χ1) is 9.15. The molecule has 0 fully saturated rings. The molecule has 1 aromatic carbocycles. The van der Waals surface area contributed by atoms with Crippen molar-refractivity contribution in [2.45, 2.75) is 13.8 Å². The summed E-state index contributed by atoms with van der Waals surface area (Å²) in [4.78, 5) is 12.2. The predicted octanol–water partition coefficient (Wildman–Crippen LogP) is 3.03. The van der Waals surface area contributed by atoms with E-state index >= 15 is 0 Å². The van der Waals surface area contributed by atoms with E-state index in [0.717, 1.165) is 22.2 Å². The van der Waals surface area contributed by atoms with Crippen molar-refractivity contribution >= 4 is 22.5 Å². The van der Waals surface area contributed by atoms with Crippen LogP contribution < -0.4 is 5.32 Å². The fourth-order valence-corrected chi connectivity index (χ4v) is 2.12. The van der Waals surface area contributed by atoms with Gasteiger partial charge in [0.25, 0.3) is 5.91 Å². The predicted molar refractivity (Wildman–Crippen MR) is 72.2 cm³/mol. The second-order valence-electron chi connectivity index (χ2n) is 4.48. The zero-order valence-electron chi connectivity index (χ0n) is 10.7. The fourth-order valence-electron chi connectivity index (χ4n) is 2.12. The molecule has 2 heterocycles. The summed E-state index contributed by atoms with van der Waals surface area (Å²) in [6.07, 6.45) is 3.33. The van der Waals surface area contributed by atoms with Crippen molar-refractivity contribution in [2.24, 2.45) is 0 Å². The summed E-state index contributed by atoms with van der Waals surface area (Å²) in [5.74, 6) is 0.459. The Balaban J connectivity index is 1.90. The van der Waals surface area contributed by atoms with Gasteiger partial charge >= 0.3 is 0 Å². The normalized spacial score (nSPS) is 10.8. The number of rotatable bonds is 2. The van der Waals surface area contributed by atoms with Crippen LogP contribution in [0.15, 0.2) is 35.1 Å². The molecule has 3 aromatic rings. The lowest BCUT2D eigenvalue weighted by Gasteiger charge is -2.05. The van der Waals surface area contributed by atoms with E-state index in [9.17, 15) is 4.79 Å². The molecule has 0 aliphatic heterocycles. The van der Waals surface area contributed by atoms with Crippen LogP contribution in [-0.2, 0) is 0 Å². The van der Waals surface area contributed by atoms with Crippen LogP contribution in [-0.4, -0.2) is 16.1 Å². The van der Waals surface area contributed by atoms with Gasteiger partial charge in [-0.3, -0.25) is 9.89 Å². The molecular formula is C14H13N3O2. The summed E-state index contributed by atoms with van der Waals surface area (Å²) in [5, 5.41) is 10.7. The summed E-state index contributed by atoms with van der Waals surface area (Å²) < 4.78 is 5.23. The van der Waals surface area contributed by atoms with Crippen LogP contribution in [0.5, 0.6) is 0 Å². The number of nitrogens with one attached hydrogen (secondary N) is 2. The summed E-state index contributed by atoms with van der Waals surface area (Å²) in [7, 11) is 0. The zero-order chi connectivity index (χ0) is 13.4. The molecule has 19 heavy (non-hydrogen) atoms. The Morgan fingerprint density at radius 2 is 2.21 bits per heavy atom. The molecule has 0 radical (unpaired) electrons. The first-order valence-corrected chi connectivity index (χ1v) is 5.94. The van der Waals surface area contributed by atoms with Crippen LogP contribution in [0.3, 0.4) is 0 Å². The standard InChI is InChI=1S/C14H13N3O2/c1-8-7-19-9(2)13(8)14(18)16-11-4-3-10-6-15-17-12(10)5-11/h3-7H,1-2H3,(H,15,17)(H,16,18). The highest BCUT2D eigenvalue weighted by Crippen LogP contribution is 2.20. The molecule has 0 spiro atoms. The maximum atomic E-state index is 12.2. The van der Waals surface area contributed by atoms with Crippen LogP contribution in [0, 0.1) is 13.8 Å². The van der Waals surface area contributed by atoms with Crippen molar-refractivity contribution in [3.05, 3.63) is 47.5 Å². The average Bonchev–Trinajstić information content (AvgIpc) is 2.95. The number of nitrogens with zero attached hydrogens (tertiary/aromatic N) is 1. The van der Waals surface area contributed by atoms with Crippen molar-refractivity contribution in [1.29, 1.82) is 0 Å². The van der Waals surface area contributed by atoms with E-state index in [-0.39, 0.29) is 5.91 Å². The number of hydrogen-bond donors (Lipinski definition) is 2. The number of furan rings is 1. The van der Waals surface area contributed by atoms with Crippen molar-refractivity contribution < 1.29 is 9.21 Å². The Hall–Kier alpha value is -2.56. The van der Waals surface area contributed by atoms with E-state index in [2.05, 4.69) is 15.5 Å². The number of amides is 1. The number of H-pyrrole nitrogens is 1. The lowest BCUT2D eigenvalue weighted by Crippen LogP contribution is -2.13. The second-order valence-corrected chi connectivity index (χ2v) is 4.48. The van der Waals surface area contributed by atoms with Gasteiger partial charge < -0.3 is 9.73 Å². The van der Waals surface area contributed by atoms with Crippen molar-refractivity contribution in [3.63, 3.8) is 0 Å². The third kappa shape index (κ3) is 1.99. The largest absolute Gasteiger partial charge is 0.469 e. The number of carbonyl (C=O) groups excluding carboxylic acids is 1. The number of anilines is 1. The highest BCUT2D eigenvalue weighted by Gasteiger charge is 2.15. The molecule has 0 aliphatic rings. The topological polar surface area (TPSA) is 70.9 Å². The van der Waals surface area contributed by atoms with E-state index in [1.54, 1.807) is 19.4 Å². The molecule has 0 aliphatic carbocycles. The maximum absolute atomic E-state index is 12.2. The Morgan fingerprint density at radius 3 is 2.95 bits per heavy atom. The minimum absolute atomic E-state index is 0.164. The first kappa shape index (κ1) is 11.5. The number of carbonyl (C=O) groups is 1. The lowest BCUT2D eigenvalue weighted by atomic mass is 10.1. The van der Waals surface area contributed by atoms with Crippen molar-refractivity contribution in [3.8, 4) is 0 Å². The van der Waals surface area contributed by atoms with E-state index < -0.39 is 0 Å². The molecule has 2 aromatic heterocycles. The molecule has 1 amide bonds. The smallest absolute Gasteiger partial charge is 0.259 e. The molecule has 5 heteroatoms. The minimum atomic E-state index is -0.164. The van der Waals surface area contributed by atoms with Crippen LogP contribution in [0.2, 0.25) is 0 Å². The van der Waals surface area contributed by atoms with Gasteiger partial charge in [-0.15, -0.1) is 0 Å². The van der Waals surface area contributed by atoms with Crippen molar-refractivity contribution in [2.75, 3.05) is 5.32 Å². The van der Waals surface area contributed by atoms with Gasteiger partial charge in [-0.2, -0.15) is 5.10 Å². The number of aryl methyl sites for hydroxylation is 2. The van der Waals surface area contributed by atoms with Gasteiger partial charge in [0.15, 0.2) is 0 Å². The van der Waals surface area contributed by atoms with Gasteiger partial charge in [0.2, 0.25) is 0 Å². The third-order valence-electron chi connectivity index (χ3n) is 3.09. The Labute approximate surface area is 109 Å². The summed E-state index contributed by atoms with van der Waals surface area (Å²) >= 11 is 0. The fraction of sp³-hybridized carbons (Fsp3) is 0.143. The number of aromatic amines is 1. The Kier molecular flexibility index (Phi) is 2.59. The summed E-state index contributed by atoms with van der Waals surface area (Å²) in [6.45, 7) is 3.63. The quantitative estimate of drug-likeness (QED) is 0.739. The molecule has 0 unspecified atom stereocenters. The van der Waals surface area contributed by atoms with Gasteiger partial charge in [-0.1, -0.05) is 0 Å². The van der Waals surface area contributed by atoms with Gasteiger partial charge in [0.1, 0.15) is 5.76 Å². The number of hydrogen-bond acceptors (Lipinski definition) is 3. The molecule has 2 N–H and O–H groups in total. The highest BCUT2D eigenvalue weighted by molar-refractivity contribution is 6.06. The monoisotopic (exact) mass is 255 g/mol. The van der Waals surface area contributed by atoms with Crippen LogP contribution in [0.4, 0.5) is 5.69 Å². The molecule has 0 atom stereocenters. The SMILES string of the molecule is Cc1coc(C)c1C(=O)Nc1ccc2cn[nH]c2c1. The maximum Gasteiger partial charge on any atom is 0.259 e. The van der Waals surface area contributed by atoms with Gasteiger partial charge in [-0.25, -0.2) is 0 Å². The molecule has 0 bridgehead atoms. The summed E-state index contributed by atoms with van der Waals surface area (Å²) in [6, 6.07) is 5.61. The third-order valence-corrected chi connectivity index (χ3v) is 3.09. The number of benzene rings is 1. The van der Waals surface area contributed by atoms with Crippen LogP contribution in [0.25, 0.3) is 10.9 Å². The Bertz CT molecular complexity index is 735. The van der Waals surface area contributed by atoms with E-state index in [0.29, 0.717) is 11.3 Å². The number of aromatic nitrogens is 2. The van der Waals surface area contributed by atoms with Gasteiger partial charge in [-0.05, 0) is 32.0 Å². The van der Waals surface area contributed by atoms with E-state index in [1.807, 2.05) is 25.1 Å². The lowest BCUT2D eigenvalue weighted by molar-refractivity contribution is 0.102. The van der Waals surface area contributed by atoms with Gasteiger partial charge in [0, 0.05) is 16.6 Å². The first-order valence-electron chi connectivity index (χ1n) is 5.94. The zero-order valence-corrected chi connectivity index (χ0v) is 10.7. The average molecular weight is 255 g/mol. The molecule has 0 saturated heterocycles. The number of fused-ring (bicyclic) bond motifs is 1. The van der Waals surface area contributed by atoms with E-state index in [1.165, 1.54) is 0 Å². The Morgan fingerprint density at radius 1 is 1.37 bits per heavy atom. The highest BCUT2D eigenvalue weighted by atomic mass is 16.3. The van der Waals surface area contributed by atoms with Gasteiger partial charge in [0.05, 0.1) is 23.5 Å². The molecule has 0 saturated carbocycles. The van der Waals surface area contributed by atoms with Crippen molar-refractivity contribution in [1.82, 2.24) is 10.2 Å². The molecule has 5 nitrogen and oxygen atoms in total. The van der Waals surface area contributed by atoms with Crippen LogP contribution >= 0.6 is 0 Å². The molecule has 3 rings (SSSR count). The second kappa shape index (κ2) is 4.28. The van der Waals surface area contributed by atoms with Crippen LogP contribution in [0.1, 0.15) is 21.7 Å². The summed E-state index contributed by atoms with van der Waals surface area (Å²) in [5.41, 5.74) is 3.03. The minimum Gasteiger partial charge on any atom is -0.469 e.